The molecule has 54 heavy (non-hydrogen) atoms. The lowest BCUT2D eigenvalue weighted by Crippen LogP contribution is -2.48. The highest BCUT2D eigenvalue weighted by molar-refractivity contribution is 6.00. The number of carbonyl (C=O) groups is 3. The highest BCUT2D eigenvalue weighted by Gasteiger charge is 2.39. The molecule has 3 N–H and O–H groups in total. The van der Waals surface area contributed by atoms with Gasteiger partial charge in [-0.25, -0.2) is 29.4 Å². The molecule has 15 nitrogen and oxygen atoms in total. The Morgan fingerprint density at radius 3 is 2.15 bits per heavy atom. The summed E-state index contributed by atoms with van der Waals surface area (Å²) in [5.41, 5.74) is 9.47. The molecule has 1 amide bonds. The minimum Gasteiger partial charge on any atom is -0.475 e. The second-order valence-corrected chi connectivity index (χ2v) is 15.3. The molecule has 0 atom stereocenters. The second kappa shape index (κ2) is 15.3. The summed E-state index contributed by atoms with van der Waals surface area (Å²) in [5.74, 6) is 0.351. The average molecular weight is 756 g/mol. The van der Waals surface area contributed by atoms with Gasteiger partial charge in [0.1, 0.15) is 23.5 Å². The molecule has 4 aromatic rings. The molecule has 1 saturated heterocycles. The average Bonchev–Trinajstić information content (AvgIpc) is 3.71. The van der Waals surface area contributed by atoms with Gasteiger partial charge in [-0.05, 0) is 70.3 Å². The number of nitrogen functional groups attached to an aromatic ring is 1. The quantitative estimate of drug-likeness (QED) is 0.192. The molecule has 3 aliphatic rings. The van der Waals surface area contributed by atoms with E-state index in [1.54, 1.807) is 0 Å². The summed E-state index contributed by atoms with van der Waals surface area (Å²) < 4.78 is 44.7. The van der Waals surface area contributed by atoms with E-state index in [1.807, 2.05) is 22.0 Å². The summed E-state index contributed by atoms with van der Waals surface area (Å²) in [6.45, 7) is 9.50. The molecule has 18 heteroatoms. The van der Waals surface area contributed by atoms with Gasteiger partial charge in [0.2, 0.25) is 5.91 Å². The molecular weight excluding hydrogens is 711 g/mol. The number of hydrogen-bond donors (Lipinski definition) is 2. The number of aliphatic carboxylic acids is 1. The fourth-order valence-corrected chi connectivity index (χ4v) is 6.89. The van der Waals surface area contributed by atoms with E-state index in [4.69, 9.17) is 40.0 Å². The first kappa shape index (κ1) is 38.6. The van der Waals surface area contributed by atoms with Crippen molar-refractivity contribution in [3.63, 3.8) is 0 Å². The number of carbonyl (C=O) groups excluding carboxylic acids is 2. The van der Waals surface area contributed by atoms with Crippen LogP contribution in [0.25, 0.3) is 33.8 Å². The van der Waals surface area contributed by atoms with Crippen LogP contribution in [0.3, 0.4) is 0 Å². The molecule has 0 bridgehead atoms. The maximum Gasteiger partial charge on any atom is 0.490 e. The molecule has 4 aromatic heterocycles. The zero-order valence-corrected chi connectivity index (χ0v) is 30.6. The van der Waals surface area contributed by atoms with Gasteiger partial charge >= 0.3 is 18.1 Å². The monoisotopic (exact) mass is 755 g/mol. The topological polar surface area (TPSA) is 205 Å². The Balaban J connectivity index is 0.000000649. The number of ether oxygens (including phenoxy) is 1. The summed E-state index contributed by atoms with van der Waals surface area (Å²) in [5, 5.41) is 17.2. The SMILES string of the molecule is CC(=O)OCC1CCC(CCC(=O)N2CC(c3cnc(-c4c(-c5nn(C(C)(C)C)c6ncnc(N)c56)noc4C4CC4)nc3)C2)CC1.O=C(O)C(F)(F)F. The van der Waals surface area contributed by atoms with Crippen LogP contribution in [-0.2, 0) is 24.7 Å². The number of carboxylic acid groups (broad SMARTS) is 1. The standard InChI is InChI=1S/C34H43N9O4.C2HF3O2/c1-19(44)46-17-21-7-5-20(6-8-21)9-12-25(45)42-15-24(16-42)23-13-36-32(37-14-23)26-29(41-47-30(26)22-10-11-22)28-27-31(35)38-18-39-33(27)43(40-28)34(2,3)4;3-2(4,5)1(6)7/h13-14,18,20-22,24H,5-12,15-17H2,1-4H3,(H2,35,38,39);(H,6,7). The van der Waals surface area contributed by atoms with Gasteiger partial charge in [0, 0.05) is 50.7 Å². The fraction of sp³-hybridized carbons (Fsp3) is 0.583. The highest BCUT2D eigenvalue weighted by Crippen LogP contribution is 2.48. The van der Waals surface area contributed by atoms with E-state index in [1.165, 1.54) is 13.3 Å². The number of hydrogen-bond acceptors (Lipinski definition) is 12. The van der Waals surface area contributed by atoms with Crippen LogP contribution in [0.4, 0.5) is 19.0 Å². The third-order valence-corrected chi connectivity index (χ3v) is 10.1. The number of fused-ring (bicyclic) bond motifs is 1. The van der Waals surface area contributed by atoms with Crippen molar-refractivity contribution in [2.75, 3.05) is 25.4 Å². The van der Waals surface area contributed by atoms with E-state index >= 15 is 0 Å². The number of nitrogens with two attached hydrogens (primary N) is 1. The molecule has 5 heterocycles. The summed E-state index contributed by atoms with van der Waals surface area (Å²) in [7, 11) is 0. The van der Waals surface area contributed by atoms with E-state index in [0.29, 0.717) is 72.0 Å². The Kier molecular flexibility index (Phi) is 10.9. The normalized spacial score (nSPS) is 19.2. The number of aromatic nitrogens is 7. The van der Waals surface area contributed by atoms with Crippen LogP contribution in [0.1, 0.15) is 102 Å². The van der Waals surface area contributed by atoms with Crippen LogP contribution in [0.15, 0.2) is 23.2 Å². The zero-order valence-electron chi connectivity index (χ0n) is 30.6. The van der Waals surface area contributed by atoms with Gasteiger partial charge in [0.15, 0.2) is 17.2 Å². The molecule has 0 radical (unpaired) electrons. The van der Waals surface area contributed by atoms with E-state index < -0.39 is 12.1 Å². The first-order chi connectivity index (χ1) is 25.5. The van der Waals surface area contributed by atoms with E-state index in [9.17, 15) is 22.8 Å². The first-order valence-electron chi connectivity index (χ1n) is 18.0. The largest absolute Gasteiger partial charge is 0.490 e. The van der Waals surface area contributed by atoms with Gasteiger partial charge in [-0.15, -0.1) is 0 Å². The summed E-state index contributed by atoms with van der Waals surface area (Å²) in [6, 6.07) is 0. The van der Waals surface area contributed by atoms with Gasteiger partial charge in [-0.3, -0.25) is 9.59 Å². The number of anilines is 1. The lowest BCUT2D eigenvalue weighted by molar-refractivity contribution is -0.192. The van der Waals surface area contributed by atoms with Crippen molar-refractivity contribution >= 4 is 34.7 Å². The molecule has 0 aromatic carbocycles. The minimum absolute atomic E-state index is 0.206. The van der Waals surface area contributed by atoms with Crippen LogP contribution < -0.4 is 5.73 Å². The third kappa shape index (κ3) is 8.62. The van der Waals surface area contributed by atoms with Crippen molar-refractivity contribution in [2.24, 2.45) is 11.8 Å². The molecule has 1 aliphatic heterocycles. The van der Waals surface area contributed by atoms with Gasteiger partial charge in [-0.2, -0.15) is 18.3 Å². The molecule has 2 aliphatic carbocycles. The van der Waals surface area contributed by atoms with Crippen LogP contribution in [0.2, 0.25) is 0 Å². The number of amides is 1. The zero-order chi connectivity index (χ0) is 38.9. The van der Waals surface area contributed by atoms with Gasteiger partial charge in [0.05, 0.1) is 23.1 Å². The van der Waals surface area contributed by atoms with Crippen molar-refractivity contribution in [1.82, 2.24) is 39.8 Å². The van der Waals surface area contributed by atoms with Crippen LogP contribution in [-0.4, -0.2) is 88.6 Å². The smallest absolute Gasteiger partial charge is 0.475 e. The van der Waals surface area contributed by atoms with E-state index in [-0.39, 0.29) is 29.3 Å². The predicted octanol–water partition coefficient (Wildman–Crippen LogP) is 5.86. The van der Waals surface area contributed by atoms with Crippen LogP contribution in [0, 0.1) is 11.8 Å². The lowest BCUT2D eigenvalue weighted by atomic mass is 9.80. The maximum atomic E-state index is 13.0. The third-order valence-electron chi connectivity index (χ3n) is 10.1. The number of halogens is 3. The molecule has 0 spiro atoms. The molecule has 7 rings (SSSR count). The lowest BCUT2D eigenvalue weighted by Gasteiger charge is -2.39. The summed E-state index contributed by atoms with van der Waals surface area (Å²) >= 11 is 0. The fourth-order valence-electron chi connectivity index (χ4n) is 6.89. The number of esters is 1. The predicted molar refractivity (Wildman–Crippen MR) is 188 cm³/mol. The molecular formula is C36H44F3N9O6. The Hall–Kier alpha value is -5.16. The number of rotatable bonds is 9. The highest BCUT2D eigenvalue weighted by atomic mass is 19.4. The van der Waals surface area contributed by atoms with Crippen LogP contribution in [0.5, 0.6) is 0 Å². The Morgan fingerprint density at radius 1 is 0.944 bits per heavy atom. The molecule has 290 valence electrons. The number of likely N-dealkylation sites (tertiary alicyclic amines) is 1. The van der Waals surface area contributed by atoms with Crippen molar-refractivity contribution in [3.05, 3.63) is 30.0 Å². The molecule has 0 unspecified atom stereocenters. The summed E-state index contributed by atoms with van der Waals surface area (Å²) in [4.78, 5) is 53.2. The Bertz CT molecular complexity index is 1990. The van der Waals surface area contributed by atoms with Gasteiger partial charge in [-0.1, -0.05) is 18.0 Å². The maximum absolute atomic E-state index is 13.0. The minimum atomic E-state index is -5.08. The first-order valence-corrected chi connectivity index (χ1v) is 18.0. The Labute approximate surface area is 308 Å². The Morgan fingerprint density at radius 2 is 1.57 bits per heavy atom. The van der Waals surface area contributed by atoms with Gasteiger partial charge < -0.3 is 25.0 Å². The van der Waals surface area contributed by atoms with Crippen molar-refractivity contribution in [1.29, 1.82) is 0 Å². The number of carboxylic acids is 1. The second-order valence-electron chi connectivity index (χ2n) is 15.3. The van der Waals surface area contributed by atoms with Crippen LogP contribution >= 0.6 is 0 Å². The number of alkyl halides is 3. The molecule has 3 fully saturated rings. The van der Waals surface area contributed by atoms with Crippen molar-refractivity contribution < 1.29 is 41.9 Å². The van der Waals surface area contributed by atoms with E-state index in [0.717, 1.165) is 61.8 Å². The summed E-state index contributed by atoms with van der Waals surface area (Å²) in [6.07, 6.45) is 7.94. The van der Waals surface area contributed by atoms with Gasteiger partial charge in [0.25, 0.3) is 0 Å². The van der Waals surface area contributed by atoms with E-state index in [2.05, 4.69) is 35.9 Å². The number of nitrogens with zero attached hydrogens (tertiary/aromatic N) is 8. The molecule has 2 saturated carbocycles. The van der Waals surface area contributed by atoms with Crippen molar-refractivity contribution in [3.8, 4) is 22.8 Å². The van der Waals surface area contributed by atoms with Crippen molar-refractivity contribution in [2.45, 2.75) is 103 Å².